The van der Waals surface area contributed by atoms with Crippen molar-refractivity contribution in [1.82, 2.24) is 5.32 Å². The van der Waals surface area contributed by atoms with Gasteiger partial charge in [0.05, 0.1) is 17.3 Å². The molecule has 2 aromatic carbocycles. The van der Waals surface area contributed by atoms with Crippen molar-refractivity contribution in [3.05, 3.63) is 73.2 Å². The molecular weight excluding hydrogens is 401 g/mol. The minimum Gasteiger partial charge on any atom is -0.464 e. The highest BCUT2D eigenvalue weighted by atomic mass is 19.1. The minimum absolute atomic E-state index is 0.00508. The molecule has 3 N–H and O–H groups in total. The molecule has 7 nitrogen and oxygen atoms in total. The first-order valence-corrected chi connectivity index (χ1v) is 10.4. The van der Waals surface area contributed by atoms with E-state index in [-0.39, 0.29) is 34.1 Å². The van der Waals surface area contributed by atoms with E-state index in [1.165, 1.54) is 12.1 Å². The second-order valence-electron chi connectivity index (χ2n) is 9.04. The number of halogens is 1. The number of aryl methyl sites for hydroxylation is 1. The lowest BCUT2D eigenvalue weighted by Crippen LogP contribution is -2.57. The van der Waals surface area contributed by atoms with E-state index in [4.69, 9.17) is 4.42 Å². The lowest BCUT2D eigenvalue weighted by Gasteiger charge is -2.65. The number of anilines is 3. The SMILES string of the molecule is Cc1ccc([C@H](Nc2c(Nc3c(F)ccc4c3C(=O)NC4)c(=O)c2=O)C23CC(C2)C3)o1. The molecule has 1 atom stereocenters. The first-order chi connectivity index (χ1) is 14.9. The Balaban J connectivity index is 1.37. The number of carbonyl (C=O) groups excluding carboxylic acids is 1. The van der Waals surface area contributed by atoms with Crippen molar-refractivity contribution in [1.29, 1.82) is 0 Å². The first kappa shape index (κ1) is 18.4. The summed E-state index contributed by atoms with van der Waals surface area (Å²) < 4.78 is 20.4. The maximum Gasteiger partial charge on any atom is 0.254 e. The van der Waals surface area contributed by atoms with E-state index in [0.29, 0.717) is 18.0 Å². The van der Waals surface area contributed by atoms with Gasteiger partial charge < -0.3 is 20.4 Å². The van der Waals surface area contributed by atoms with Crippen molar-refractivity contribution in [2.24, 2.45) is 11.3 Å². The Morgan fingerprint density at radius 3 is 2.45 bits per heavy atom. The van der Waals surface area contributed by atoms with E-state index in [0.717, 1.165) is 30.8 Å². The average molecular weight is 421 g/mol. The first-order valence-electron chi connectivity index (χ1n) is 10.4. The number of fused-ring (bicyclic) bond motifs is 1. The van der Waals surface area contributed by atoms with Gasteiger partial charge in [0.1, 0.15) is 28.7 Å². The predicted molar refractivity (Wildman–Crippen MR) is 112 cm³/mol. The largest absolute Gasteiger partial charge is 0.464 e. The number of rotatable bonds is 6. The Morgan fingerprint density at radius 1 is 1.06 bits per heavy atom. The molecule has 1 amide bonds. The van der Waals surface area contributed by atoms with Crippen molar-refractivity contribution in [2.45, 2.75) is 38.8 Å². The van der Waals surface area contributed by atoms with Crippen LogP contribution in [0.2, 0.25) is 0 Å². The van der Waals surface area contributed by atoms with Crippen LogP contribution in [0.1, 0.15) is 52.7 Å². The van der Waals surface area contributed by atoms with Crippen LogP contribution < -0.4 is 26.8 Å². The van der Waals surface area contributed by atoms with E-state index < -0.39 is 22.6 Å². The Hall–Kier alpha value is -3.42. The van der Waals surface area contributed by atoms with Crippen molar-refractivity contribution in [3.8, 4) is 0 Å². The third kappa shape index (κ3) is 2.47. The van der Waals surface area contributed by atoms with Gasteiger partial charge in [-0.05, 0) is 61.3 Å². The van der Waals surface area contributed by atoms with Gasteiger partial charge in [0, 0.05) is 6.54 Å². The highest BCUT2D eigenvalue weighted by molar-refractivity contribution is 6.04. The van der Waals surface area contributed by atoms with Crippen LogP contribution >= 0.6 is 0 Å². The molecule has 3 aromatic rings. The maximum atomic E-state index is 14.6. The standard InChI is InChI=1S/C23H20FN3O4/c1-10-2-5-14(31-10)21(23-6-11(7-23)8-23)27-18-17(19(28)20(18)29)26-16-13(24)4-3-12-9-25-22(30)15(12)16/h2-5,11,21,26-27H,6-9H2,1H3,(H,25,30)/t11?,21-,23?/m0/s1. The summed E-state index contributed by atoms with van der Waals surface area (Å²) in [7, 11) is 0. The van der Waals surface area contributed by atoms with E-state index in [2.05, 4.69) is 16.0 Å². The highest BCUT2D eigenvalue weighted by Crippen LogP contribution is 2.70. The fourth-order valence-corrected chi connectivity index (χ4v) is 5.36. The molecule has 2 heterocycles. The number of nitrogens with one attached hydrogen (secondary N) is 3. The van der Waals surface area contributed by atoms with Gasteiger partial charge in [-0.3, -0.25) is 14.4 Å². The zero-order chi connectivity index (χ0) is 21.5. The molecular formula is C23H20FN3O4. The summed E-state index contributed by atoms with van der Waals surface area (Å²) in [6.07, 6.45) is 3.14. The summed E-state index contributed by atoms with van der Waals surface area (Å²) in [6.45, 7) is 2.15. The van der Waals surface area contributed by atoms with Crippen LogP contribution in [0.25, 0.3) is 0 Å². The van der Waals surface area contributed by atoms with Crippen molar-refractivity contribution < 1.29 is 13.6 Å². The molecule has 3 saturated carbocycles. The third-order valence-corrected chi connectivity index (χ3v) is 7.10. The fourth-order valence-electron chi connectivity index (χ4n) is 5.36. The molecule has 7 rings (SSSR count). The maximum absolute atomic E-state index is 14.6. The zero-order valence-electron chi connectivity index (χ0n) is 16.8. The van der Waals surface area contributed by atoms with Gasteiger partial charge in [0.25, 0.3) is 16.8 Å². The summed E-state index contributed by atoms with van der Waals surface area (Å²) in [4.78, 5) is 37.0. The number of hydrogen-bond acceptors (Lipinski definition) is 6. The van der Waals surface area contributed by atoms with Crippen LogP contribution in [0.15, 0.2) is 38.3 Å². The molecule has 0 spiro atoms. The molecule has 0 radical (unpaired) electrons. The predicted octanol–water partition coefficient (Wildman–Crippen LogP) is 3.26. The lowest BCUT2D eigenvalue weighted by atomic mass is 9.41. The third-order valence-electron chi connectivity index (χ3n) is 7.10. The Morgan fingerprint density at radius 2 is 1.81 bits per heavy atom. The normalized spacial score (nSPS) is 24.2. The van der Waals surface area contributed by atoms with Crippen LogP contribution in [-0.4, -0.2) is 5.91 Å². The van der Waals surface area contributed by atoms with E-state index >= 15 is 0 Å². The van der Waals surface area contributed by atoms with Gasteiger partial charge in [-0.2, -0.15) is 0 Å². The summed E-state index contributed by atoms with van der Waals surface area (Å²) in [5.41, 5.74) is -0.564. The van der Waals surface area contributed by atoms with Gasteiger partial charge in [-0.15, -0.1) is 0 Å². The molecule has 158 valence electrons. The minimum atomic E-state index is -0.732. The molecule has 0 saturated heterocycles. The van der Waals surface area contributed by atoms with E-state index in [1.807, 2.05) is 19.1 Å². The smallest absolute Gasteiger partial charge is 0.254 e. The lowest BCUT2D eigenvalue weighted by molar-refractivity contribution is -0.125. The Labute approximate surface area is 176 Å². The zero-order valence-corrected chi connectivity index (χ0v) is 16.8. The van der Waals surface area contributed by atoms with E-state index in [9.17, 15) is 18.8 Å². The van der Waals surface area contributed by atoms with Crippen LogP contribution in [-0.2, 0) is 6.54 Å². The van der Waals surface area contributed by atoms with Gasteiger partial charge in [0.2, 0.25) is 0 Å². The monoisotopic (exact) mass is 421 g/mol. The Bertz CT molecular complexity index is 1320. The number of hydrogen-bond donors (Lipinski definition) is 3. The molecule has 3 aliphatic carbocycles. The second kappa shape index (κ2) is 6.06. The van der Waals surface area contributed by atoms with Crippen molar-refractivity contribution >= 4 is 23.0 Å². The summed E-state index contributed by atoms with van der Waals surface area (Å²) >= 11 is 0. The van der Waals surface area contributed by atoms with Crippen LogP contribution in [0.4, 0.5) is 21.5 Å². The van der Waals surface area contributed by atoms with Crippen LogP contribution in [0.5, 0.6) is 0 Å². The quantitative estimate of drug-likeness (QED) is 0.528. The molecule has 31 heavy (non-hydrogen) atoms. The summed E-state index contributed by atoms with van der Waals surface area (Å²) in [5.74, 6) is 1.13. The number of amides is 1. The molecule has 1 aromatic heterocycles. The van der Waals surface area contributed by atoms with Crippen LogP contribution in [0, 0.1) is 24.1 Å². The topological polar surface area (TPSA) is 100 Å². The van der Waals surface area contributed by atoms with Crippen LogP contribution in [0.3, 0.4) is 0 Å². The Kier molecular flexibility index (Phi) is 3.59. The van der Waals surface area contributed by atoms with Gasteiger partial charge in [-0.1, -0.05) is 6.07 Å². The summed E-state index contributed by atoms with van der Waals surface area (Å²) in [6, 6.07) is 6.30. The van der Waals surface area contributed by atoms with Crippen molar-refractivity contribution in [2.75, 3.05) is 10.6 Å². The highest BCUT2D eigenvalue weighted by Gasteiger charge is 2.62. The number of benzene rings is 1. The molecule has 8 heteroatoms. The average Bonchev–Trinajstić information content (AvgIpc) is 3.28. The van der Waals surface area contributed by atoms with Crippen molar-refractivity contribution in [3.63, 3.8) is 0 Å². The van der Waals surface area contributed by atoms with Gasteiger partial charge in [0.15, 0.2) is 0 Å². The molecule has 4 aliphatic rings. The molecule has 1 aliphatic heterocycles. The molecule has 2 bridgehead atoms. The van der Waals surface area contributed by atoms with Gasteiger partial charge >= 0.3 is 0 Å². The fraction of sp³-hybridized carbons (Fsp3) is 0.348. The number of furan rings is 1. The van der Waals surface area contributed by atoms with E-state index in [1.54, 1.807) is 0 Å². The van der Waals surface area contributed by atoms with Gasteiger partial charge in [-0.25, -0.2) is 4.39 Å². The molecule has 3 fully saturated rings. The molecule has 0 unspecified atom stereocenters. The summed E-state index contributed by atoms with van der Waals surface area (Å²) in [5, 5.41) is 8.64. The second-order valence-corrected chi connectivity index (χ2v) is 9.04. The number of carbonyl (C=O) groups is 1.